The zero-order valence-electron chi connectivity index (χ0n) is 24.9. The standard InChI is InChI=1S/C16H10ClF4NO3.C16H11F4NO4/c17-15(23)10-7-22-12(8-1-2-8)6-14(10)24-9-3-4-13(11(18)5-9)25-16(19,20)21;17-11-5-9(3-4-13(11)25-16(18,19)20)24-14-6-12(8-1-2-8)21-7-10(14)15(22)23/h3-8H,1-2H2;3-8H,1-2H2,(H,22,23). The molecule has 2 aliphatic carbocycles. The number of ether oxygens (including phenoxy) is 4. The molecule has 0 radical (unpaired) electrons. The summed E-state index contributed by atoms with van der Waals surface area (Å²) in [6, 6.07) is 8.04. The molecule has 0 saturated heterocycles. The van der Waals surface area contributed by atoms with Gasteiger partial charge in [0.2, 0.25) is 0 Å². The van der Waals surface area contributed by atoms with E-state index in [0.717, 1.165) is 62.2 Å². The highest BCUT2D eigenvalue weighted by atomic mass is 35.5. The molecule has 0 unspecified atom stereocenters. The third-order valence-corrected chi connectivity index (χ3v) is 7.13. The maximum absolute atomic E-state index is 13.7. The first-order valence-corrected chi connectivity index (χ1v) is 14.7. The number of carbonyl (C=O) groups is 2. The van der Waals surface area contributed by atoms with Gasteiger partial charge >= 0.3 is 18.7 Å². The lowest BCUT2D eigenvalue weighted by molar-refractivity contribution is -0.276. The van der Waals surface area contributed by atoms with Gasteiger partial charge in [-0.25, -0.2) is 13.6 Å². The highest BCUT2D eigenvalue weighted by Crippen LogP contribution is 2.42. The Morgan fingerprint density at radius 3 is 1.40 bits per heavy atom. The van der Waals surface area contributed by atoms with E-state index in [9.17, 15) is 49.8 Å². The van der Waals surface area contributed by atoms with Crippen LogP contribution in [-0.2, 0) is 0 Å². The molecule has 0 spiro atoms. The molecule has 1 N–H and O–H groups in total. The fourth-order valence-corrected chi connectivity index (χ4v) is 4.49. The topological polar surface area (TPSA) is 117 Å². The van der Waals surface area contributed by atoms with E-state index in [0.29, 0.717) is 17.5 Å². The molecule has 2 fully saturated rings. The number of benzene rings is 2. The molecule has 0 aliphatic heterocycles. The minimum absolute atomic E-state index is 0.0258. The summed E-state index contributed by atoms with van der Waals surface area (Å²) in [6.45, 7) is 0. The van der Waals surface area contributed by atoms with Crippen LogP contribution in [0.3, 0.4) is 0 Å². The molecular weight excluding hydrogens is 712 g/mol. The van der Waals surface area contributed by atoms with Crippen molar-refractivity contribution in [1.82, 2.24) is 9.97 Å². The summed E-state index contributed by atoms with van der Waals surface area (Å²) in [4.78, 5) is 30.9. The molecule has 2 aromatic heterocycles. The van der Waals surface area contributed by atoms with Crippen LogP contribution in [0.5, 0.6) is 34.5 Å². The molecule has 4 aromatic rings. The minimum atomic E-state index is -5.02. The Hall–Kier alpha value is -5.19. The van der Waals surface area contributed by atoms with Gasteiger partial charge in [0, 0.05) is 59.9 Å². The van der Waals surface area contributed by atoms with Crippen molar-refractivity contribution in [3.05, 3.63) is 95.1 Å². The van der Waals surface area contributed by atoms with Gasteiger partial charge in [0.15, 0.2) is 23.1 Å². The van der Waals surface area contributed by atoms with Crippen molar-refractivity contribution in [2.24, 2.45) is 0 Å². The number of nitrogens with zero attached hydrogens (tertiary/aromatic N) is 2. The quantitative estimate of drug-likeness (QED) is 0.126. The van der Waals surface area contributed by atoms with Gasteiger partial charge in [-0.15, -0.1) is 26.3 Å². The number of carboxylic acids is 1. The summed E-state index contributed by atoms with van der Waals surface area (Å²) < 4.78 is 118. The molecule has 50 heavy (non-hydrogen) atoms. The molecule has 2 aliphatic rings. The Bertz CT molecular complexity index is 1780. The molecular formula is C32H21ClF8N2O7. The van der Waals surface area contributed by atoms with Gasteiger partial charge < -0.3 is 24.1 Å². The molecule has 0 bridgehead atoms. The summed E-state index contributed by atoms with van der Waals surface area (Å²) in [6.07, 6.45) is -3.86. The van der Waals surface area contributed by atoms with Crippen molar-refractivity contribution in [3.8, 4) is 34.5 Å². The van der Waals surface area contributed by atoms with Gasteiger partial charge in [0.1, 0.15) is 28.6 Å². The Morgan fingerprint density at radius 2 is 1.06 bits per heavy atom. The van der Waals surface area contributed by atoms with Crippen LogP contribution in [0.1, 0.15) is 69.6 Å². The monoisotopic (exact) mass is 732 g/mol. The highest BCUT2D eigenvalue weighted by Gasteiger charge is 2.34. The second-order valence-corrected chi connectivity index (χ2v) is 11.2. The predicted octanol–water partition coefficient (Wildman–Crippen LogP) is 9.66. The number of rotatable bonds is 10. The lowest BCUT2D eigenvalue weighted by Gasteiger charge is -2.13. The average molecular weight is 733 g/mol. The summed E-state index contributed by atoms with van der Waals surface area (Å²) in [5.74, 6) is -5.62. The van der Waals surface area contributed by atoms with Crippen LogP contribution in [0.15, 0.2) is 60.9 Å². The van der Waals surface area contributed by atoms with Crippen LogP contribution in [0.4, 0.5) is 35.1 Å². The van der Waals surface area contributed by atoms with E-state index >= 15 is 0 Å². The van der Waals surface area contributed by atoms with Crippen molar-refractivity contribution in [3.63, 3.8) is 0 Å². The van der Waals surface area contributed by atoms with E-state index in [1.54, 1.807) is 0 Å². The van der Waals surface area contributed by atoms with Crippen LogP contribution < -0.4 is 18.9 Å². The number of alkyl halides is 6. The maximum Gasteiger partial charge on any atom is 0.573 e. The average Bonchev–Trinajstić information content (AvgIpc) is 3.93. The van der Waals surface area contributed by atoms with Crippen molar-refractivity contribution in [2.75, 3.05) is 0 Å². The zero-order valence-corrected chi connectivity index (χ0v) is 25.7. The van der Waals surface area contributed by atoms with Gasteiger partial charge in [0.05, 0.1) is 5.56 Å². The van der Waals surface area contributed by atoms with E-state index in [4.69, 9.17) is 21.1 Å². The van der Waals surface area contributed by atoms with Crippen molar-refractivity contribution >= 4 is 22.8 Å². The van der Waals surface area contributed by atoms with Gasteiger partial charge in [0.25, 0.3) is 5.24 Å². The Labute approximate surface area is 281 Å². The second-order valence-electron chi connectivity index (χ2n) is 10.8. The fourth-order valence-electron chi connectivity index (χ4n) is 4.34. The fraction of sp³-hybridized carbons (Fsp3) is 0.250. The lowest BCUT2D eigenvalue weighted by Crippen LogP contribution is -2.17. The van der Waals surface area contributed by atoms with E-state index < -0.39 is 47.1 Å². The number of carbonyl (C=O) groups excluding carboxylic acids is 1. The van der Waals surface area contributed by atoms with Crippen LogP contribution in [-0.4, -0.2) is 39.0 Å². The first-order valence-electron chi connectivity index (χ1n) is 14.3. The first-order chi connectivity index (χ1) is 23.5. The Kier molecular flexibility index (Phi) is 10.4. The molecule has 9 nitrogen and oxygen atoms in total. The third kappa shape index (κ3) is 9.93. The molecule has 6 rings (SSSR count). The van der Waals surface area contributed by atoms with E-state index in [-0.39, 0.29) is 46.0 Å². The number of aromatic carboxylic acids is 1. The third-order valence-electron chi connectivity index (χ3n) is 6.92. The number of carboxylic acid groups (broad SMARTS) is 1. The number of hydrogen-bond donors (Lipinski definition) is 1. The Balaban J connectivity index is 0.000000194. The second kappa shape index (κ2) is 14.3. The van der Waals surface area contributed by atoms with E-state index in [1.807, 2.05) is 0 Å². The number of hydrogen-bond acceptors (Lipinski definition) is 8. The van der Waals surface area contributed by atoms with Crippen LogP contribution in [0.2, 0.25) is 0 Å². The predicted molar refractivity (Wildman–Crippen MR) is 156 cm³/mol. The molecule has 2 saturated carbocycles. The Morgan fingerprint density at radius 1 is 0.660 bits per heavy atom. The van der Waals surface area contributed by atoms with E-state index in [1.165, 1.54) is 18.3 Å². The number of pyridine rings is 2. The largest absolute Gasteiger partial charge is 0.573 e. The molecule has 0 atom stereocenters. The zero-order chi connectivity index (χ0) is 36.4. The van der Waals surface area contributed by atoms with Gasteiger partial charge in [-0.1, -0.05) is 0 Å². The summed E-state index contributed by atoms with van der Waals surface area (Å²) in [7, 11) is 0. The molecule has 18 heteroatoms. The van der Waals surface area contributed by atoms with Gasteiger partial charge in [-0.05, 0) is 61.5 Å². The van der Waals surface area contributed by atoms with Crippen LogP contribution in [0, 0.1) is 11.6 Å². The van der Waals surface area contributed by atoms with Crippen molar-refractivity contribution in [2.45, 2.75) is 50.2 Å². The molecule has 2 aromatic carbocycles. The smallest absolute Gasteiger partial charge is 0.477 e. The summed E-state index contributed by atoms with van der Waals surface area (Å²) in [5, 5.41) is 8.36. The molecule has 264 valence electrons. The highest BCUT2D eigenvalue weighted by molar-refractivity contribution is 6.68. The van der Waals surface area contributed by atoms with Crippen LogP contribution >= 0.6 is 11.6 Å². The maximum atomic E-state index is 13.7. The minimum Gasteiger partial charge on any atom is -0.477 e. The van der Waals surface area contributed by atoms with Gasteiger partial charge in [-0.3, -0.25) is 14.8 Å². The SMILES string of the molecule is O=C(Cl)c1cnc(C2CC2)cc1Oc1ccc(OC(F)(F)F)c(F)c1.O=C(O)c1cnc(C2CC2)cc1Oc1ccc(OC(F)(F)F)c(F)c1. The van der Waals surface area contributed by atoms with Gasteiger partial charge in [-0.2, -0.15) is 0 Å². The first kappa shape index (κ1) is 36.1. The van der Waals surface area contributed by atoms with E-state index in [2.05, 4.69) is 19.4 Å². The van der Waals surface area contributed by atoms with Crippen molar-refractivity contribution < 1.29 is 68.8 Å². The molecule has 0 amide bonds. The normalized spacial score (nSPS) is 14.3. The number of aromatic nitrogens is 2. The van der Waals surface area contributed by atoms with Crippen molar-refractivity contribution in [1.29, 1.82) is 0 Å². The van der Waals surface area contributed by atoms with Crippen LogP contribution in [0.25, 0.3) is 0 Å². The number of halogens is 9. The molecule has 2 heterocycles. The summed E-state index contributed by atoms with van der Waals surface area (Å²) in [5.41, 5.74) is 1.09. The summed E-state index contributed by atoms with van der Waals surface area (Å²) >= 11 is 5.47. The lowest BCUT2D eigenvalue weighted by atomic mass is 10.2.